The monoisotopic (exact) mass is 503 g/mol. The molecule has 2 fully saturated rings. The SMILES string of the molecule is [C-]#[N+]c1nccnc1N1CCC(N2CCCC[C@H](Cc3cc(F)c(S(C)(=O)=O)cc3F)C2=O)CC1. The number of likely N-dealkylation sites (tertiary alicyclic amines) is 1. The Hall–Kier alpha value is -3.13. The highest BCUT2D eigenvalue weighted by molar-refractivity contribution is 7.90. The molecule has 0 saturated carbocycles. The smallest absolute Gasteiger partial charge is 0.312 e. The van der Waals surface area contributed by atoms with Gasteiger partial charge in [-0.2, -0.15) is 0 Å². The van der Waals surface area contributed by atoms with Crippen LogP contribution in [0.1, 0.15) is 37.7 Å². The molecule has 8 nitrogen and oxygen atoms in total. The standard InChI is InChI=1S/C24H27F2N5O3S/c1-27-22-23(29-9-8-28-22)30-11-6-18(7-12-30)31-10-4-3-5-16(24(31)32)13-17-14-20(26)21(15-19(17)25)35(2,33)34/h8-9,14-16,18H,3-7,10-13H2,2H3/t16-/m1/s1. The van der Waals surface area contributed by atoms with Gasteiger partial charge < -0.3 is 14.6 Å². The van der Waals surface area contributed by atoms with E-state index in [0.717, 1.165) is 25.2 Å². The molecule has 1 atom stereocenters. The lowest BCUT2D eigenvalue weighted by atomic mass is 9.93. The summed E-state index contributed by atoms with van der Waals surface area (Å²) in [5, 5.41) is 0. The van der Waals surface area contributed by atoms with Crippen LogP contribution < -0.4 is 4.90 Å². The number of nitrogens with zero attached hydrogens (tertiary/aromatic N) is 5. The maximum atomic E-state index is 14.7. The number of anilines is 1. The van der Waals surface area contributed by atoms with Gasteiger partial charge in [0.15, 0.2) is 15.7 Å². The van der Waals surface area contributed by atoms with Crippen molar-refractivity contribution >= 4 is 27.4 Å². The van der Waals surface area contributed by atoms with E-state index in [1.165, 1.54) is 6.20 Å². The Morgan fingerprint density at radius 2 is 1.77 bits per heavy atom. The van der Waals surface area contributed by atoms with Crippen LogP contribution in [0.5, 0.6) is 0 Å². The van der Waals surface area contributed by atoms with E-state index in [1.54, 1.807) is 6.20 Å². The van der Waals surface area contributed by atoms with E-state index in [9.17, 15) is 22.0 Å². The van der Waals surface area contributed by atoms with Gasteiger partial charge in [0.05, 0.1) is 6.20 Å². The van der Waals surface area contributed by atoms with E-state index < -0.39 is 32.3 Å². The Balaban J connectivity index is 1.47. The molecular formula is C24H27F2N5O3S. The second kappa shape index (κ2) is 10.2. The fraction of sp³-hybridized carbons (Fsp3) is 0.500. The van der Waals surface area contributed by atoms with E-state index in [0.29, 0.717) is 50.8 Å². The number of hydrogen-bond acceptors (Lipinski definition) is 6. The number of aromatic nitrogens is 2. The predicted molar refractivity (Wildman–Crippen MR) is 126 cm³/mol. The van der Waals surface area contributed by atoms with E-state index in [2.05, 4.69) is 14.8 Å². The summed E-state index contributed by atoms with van der Waals surface area (Å²) >= 11 is 0. The van der Waals surface area contributed by atoms with Crippen molar-refractivity contribution in [2.45, 2.75) is 49.5 Å². The molecule has 0 aliphatic carbocycles. The quantitative estimate of drug-likeness (QED) is 0.580. The summed E-state index contributed by atoms with van der Waals surface area (Å²) in [6.07, 6.45) is 7.51. The lowest BCUT2D eigenvalue weighted by Gasteiger charge is -2.39. The molecule has 2 saturated heterocycles. The summed E-state index contributed by atoms with van der Waals surface area (Å²) in [5.74, 6) is -1.58. The molecule has 2 aliphatic rings. The Bertz CT molecular complexity index is 1260. The minimum absolute atomic E-state index is 0.0132. The van der Waals surface area contributed by atoms with Crippen LogP contribution in [-0.2, 0) is 21.1 Å². The van der Waals surface area contributed by atoms with Gasteiger partial charge in [-0.05, 0) is 49.8 Å². The average molecular weight is 504 g/mol. The summed E-state index contributed by atoms with van der Waals surface area (Å²) in [4.78, 5) is 28.5. The number of amides is 1. The van der Waals surface area contributed by atoms with E-state index in [-0.39, 0.29) is 29.8 Å². The summed E-state index contributed by atoms with van der Waals surface area (Å²) in [6, 6.07) is 1.63. The van der Waals surface area contributed by atoms with Crippen LogP contribution in [0.3, 0.4) is 0 Å². The van der Waals surface area contributed by atoms with Gasteiger partial charge in [-0.3, -0.25) is 4.79 Å². The van der Waals surface area contributed by atoms with Gasteiger partial charge in [-0.1, -0.05) is 13.0 Å². The van der Waals surface area contributed by atoms with Crippen molar-refractivity contribution in [2.24, 2.45) is 5.92 Å². The highest BCUT2D eigenvalue weighted by Gasteiger charge is 2.34. The van der Waals surface area contributed by atoms with Crippen molar-refractivity contribution in [3.8, 4) is 0 Å². The molecule has 0 radical (unpaired) electrons. The molecule has 2 aliphatic heterocycles. The number of carbonyl (C=O) groups excluding carboxylic acids is 1. The maximum Gasteiger partial charge on any atom is 0.312 e. The van der Waals surface area contributed by atoms with Crippen molar-refractivity contribution in [3.63, 3.8) is 0 Å². The summed E-state index contributed by atoms with van der Waals surface area (Å²) < 4.78 is 52.4. The first-order chi connectivity index (χ1) is 16.7. The van der Waals surface area contributed by atoms with Crippen molar-refractivity contribution in [2.75, 3.05) is 30.8 Å². The molecule has 1 aromatic carbocycles. The first-order valence-corrected chi connectivity index (χ1v) is 13.5. The molecule has 186 valence electrons. The van der Waals surface area contributed by atoms with Crippen LogP contribution in [0.25, 0.3) is 4.85 Å². The van der Waals surface area contributed by atoms with Gasteiger partial charge in [0.25, 0.3) is 0 Å². The lowest BCUT2D eigenvalue weighted by Crippen LogP contribution is -2.49. The highest BCUT2D eigenvalue weighted by atomic mass is 32.2. The van der Waals surface area contributed by atoms with Crippen LogP contribution >= 0.6 is 0 Å². The highest BCUT2D eigenvalue weighted by Crippen LogP contribution is 2.31. The van der Waals surface area contributed by atoms with Gasteiger partial charge in [-0.25, -0.2) is 22.2 Å². The zero-order valence-corrected chi connectivity index (χ0v) is 20.3. The van der Waals surface area contributed by atoms with Crippen molar-refractivity contribution in [1.29, 1.82) is 0 Å². The molecule has 35 heavy (non-hydrogen) atoms. The Morgan fingerprint density at radius 1 is 1.06 bits per heavy atom. The topological polar surface area (TPSA) is 87.8 Å². The first-order valence-electron chi connectivity index (χ1n) is 11.6. The largest absolute Gasteiger partial charge is 0.364 e. The summed E-state index contributed by atoms with van der Waals surface area (Å²) in [5.41, 5.74) is 0.0132. The van der Waals surface area contributed by atoms with Crippen LogP contribution in [0.4, 0.5) is 20.4 Å². The van der Waals surface area contributed by atoms with Crippen molar-refractivity contribution < 1.29 is 22.0 Å². The fourth-order valence-corrected chi connectivity index (χ4v) is 5.71. The summed E-state index contributed by atoms with van der Waals surface area (Å²) in [6.45, 7) is 9.18. The third-order valence-corrected chi connectivity index (χ3v) is 7.88. The van der Waals surface area contributed by atoms with Gasteiger partial charge in [0, 0.05) is 37.8 Å². The molecule has 0 unspecified atom stereocenters. The molecule has 0 bridgehead atoms. The molecule has 0 spiro atoms. The second-order valence-corrected chi connectivity index (χ2v) is 11.1. The van der Waals surface area contributed by atoms with Crippen LogP contribution in [0.2, 0.25) is 0 Å². The number of rotatable bonds is 5. The third-order valence-electron chi connectivity index (χ3n) is 6.77. The van der Waals surface area contributed by atoms with Gasteiger partial charge in [0.1, 0.15) is 22.7 Å². The second-order valence-electron chi connectivity index (χ2n) is 9.11. The summed E-state index contributed by atoms with van der Waals surface area (Å²) in [7, 11) is -3.89. The predicted octanol–water partition coefficient (Wildman–Crippen LogP) is 3.55. The normalized spacial score (nSPS) is 19.9. The van der Waals surface area contributed by atoms with E-state index in [1.807, 2.05) is 9.80 Å². The van der Waals surface area contributed by atoms with Crippen LogP contribution in [0, 0.1) is 24.1 Å². The van der Waals surface area contributed by atoms with E-state index >= 15 is 0 Å². The molecule has 11 heteroatoms. The van der Waals surface area contributed by atoms with Crippen molar-refractivity contribution in [1.82, 2.24) is 14.9 Å². The third kappa shape index (κ3) is 5.42. The van der Waals surface area contributed by atoms with Crippen molar-refractivity contribution in [3.05, 3.63) is 53.1 Å². The average Bonchev–Trinajstić information content (AvgIpc) is 3.02. The van der Waals surface area contributed by atoms with Gasteiger partial charge in [-0.15, -0.1) is 4.98 Å². The number of carbonyl (C=O) groups is 1. The Morgan fingerprint density at radius 3 is 2.46 bits per heavy atom. The van der Waals surface area contributed by atoms with Gasteiger partial charge >= 0.3 is 5.82 Å². The number of piperidine rings is 1. The van der Waals surface area contributed by atoms with Crippen LogP contribution in [0.15, 0.2) is 29.4 Å². The molecule has 0 N–H and O–H groups in total. The fourth-order valence-electron chi connectivity index (χ4n) is 4.98. The number of hydrogen-bond donors (Lipinski definition) is 0. The van der Waals surface area contributed by atoms with Gasteiger partial charge in [0.2, 0.25) is 5.91 Å². The zero-order valence-electron chi connectivity index (χ0n) is 19.5. The zero-order chi connectivity index (χ0) is 25.2. The molecule has 1 aromatic heterocycles. The molecule has 3 heterocycles. The Kier molecular flexibility index (Phi) is 7.31. The lowest BCUT2D eigenvalue weighted by molar-refractivity contribution is -0.137. The molecule has 4 rings (SSSR count). The molecular weight excluding hydrogens is 476 g/mol. The van der Waals surface area contributed by atoms with E-state index in [4.69, 9.17) is 6.57 Å². The minimum atomic E-state index is -3.89. The maximum absolute atomic E-state index is 14.7. The number of benzene rings is 1. The number of sulfone groups is 1. The Labute approximate surface area is 203 Å². The number of halogens is 2. The molecule has 1 amide bonds. The molecule has 2 aromatic rings. The first kappa shape index (κ1) is 25.0. The van der Waals surface area contributed by atoms with Crippen LogP contribution in [-0.4, -0.2) is 61.1 Å². The minimum Gasteiger partial charge on any atom is -0.364 e.